The fraction of sp³-hybridized carbons (Fsp3) is 0.625. The average molecular weight is 283 g/mol. The van der Waals surface area contributed by atoms with Gasteiger partial charge in [-0.2, -0.15) is 0 Å². The molecule has 1 rings (SSSR count). The van der Waals surface area contributed by atoms with Gasteiger partial charge in [-0.25, -0.2) is 4.39 Å². The van der Waals surface area contributed by atoms with Gasteiger partial charge in [0.15, 0.2) is 0 Å². The summed E-state index contributed by atoms with van der Waals surface area (Å²) in [5, 5.41) is 3.33. The lowest BCUT2D eigenvalue weighted by molar-refractivity contribution is 0.530. The third-order valence-corrected chi connectivity index (χ3v) is 4.58. The number of nitrogens with one attached hydrogen (secondary N) is 1. The monoisotopic (exact) mass is 283 g/mol. The van der Waals surface area contributed by atoms with Crippen molar-refractivity contribution < 1.29 is 4.39 Å². The lowest BCUT2D eigenvalue weighted by Gasteiger charge is -2.14. The standard InChI is InChI=1S/C16H26FNS/c1-5-13(4)11-19-16-8-6-7-15(17)14(16)10-18-9-12(2)3/h6-8,12-13,18H,5,9-11H2,1-4H3. The summed E-state index contributed by atoms with van der Waals surface area (Å²) in [6.07, 6.45) is 1.17. The third kappa shape index (κ3) is 5.96. The maximum Gasteiger partial charge on any atom is 0.128 e. The van der Waals surface area contributed by atoms with Crippen molar-refractivity contribution in [2.75, 3.05) is 12.3 Å². The maximum atomic E-state index is 13.9. The van der Waals surface area contributed by atoms with E-state index in [4.69, 9.17) is 0 Å². The van der Waals surface area contributed by atoms with Crippen LogP contribution in [-0.2, 0) is 6.54 Å². The molecule has 0 aliphatic heterocycles. The smallest absolute Gasteiger partial charge is 0.128 e. The SMILES string of the molecule is CCC(C)CSc1cccc(F)c1CNCC(C)C. The molecule has 0 bridgehead atoms. The summed E-state index contributed by atoms with van der Waals surface area (Å²) in [6, 6.07) is 5.39. The van der Waals surface area contributed by atoms with Gasteiger partial charge in [-0.15, -0.1) is 11.8 Å². The molecule has 0 saturated carbocycles. The minimum absolute atomic E-state index is 0.0922. The van der Waals surface area contributed by atoms with Crippen LogP contribution >= 0.6 is 11.8 Å². The summed E-state index contributed by atoms with van der Waals surface area (Å²) >= 11 is 1.77. The van der Waals surface area contributed by atoms with Crippen LogP contribution in [0.25, 0.3) is 0 Å². The van der Waals surface area contributed by atoms with Crippen LogP contribution in [0.4, 0.5) is 4.39 Å². The highest BCUT2D eigenvalue weighted by molar-refractivity contribution is 7.99. The lowest BCUT2D eigenvalue weighted by atomic mass is 10.2. The molecule has 108 valence electrons. The minimum Gasteiger partial charge on any atom is -0.312 e. The molecule has 1 nitrogen and oxygen atoms in total. The molecule has 1 N–H and O–H groups in total. The van der Waals surface area contributed by atoms with E-state index in [1.807, 2.05) is 6.07 Å². The predicted octanol–water partition coefficient (Wildman–Crippen LogP) is 4.71. The van der Waals surface area contributed by atoms with Crippen molar-refractivity contribution in [3.05, 3.63) is 29.6 Å². The fourth-order valence-electron chi connectivity index (χ4n) is 1.68. The maximum absolute atomic E-state index is 13.9. The Morgan fingerprint density at radius 2 is 2.00 bits per heavy atom. The second kappa shape index (κ2) is 8.60. The fourth-order valence-corrected chi connectivity index (χ4v) is 2.90. The van der Waals surface area contributed by atoms with Crippen molar-refractivity contribution in [1.29, 1.82) is 0 Å². The molecular weight excluding hydrogens is 257 g/mol. The van der Waals surface area contributed by atoms with Gasteiger partial charge in [-0.3, -0.25) is 0 Å². The van der Waals surface area contributed by atoms with Crippen molar-refractivity contribution >= 4 is 11.8 Å². The Labute approximate surface area is 121 Å². The van der Waals surface area contributed by atoms with E-state index in [-0.39, 0.29) is 5.82 Å². The molecule has 1 aromatic carbocycles. The van der Waals surface area contributed by atoms with Crippen LogP contribution in [0, 0.1) is 17.7 Å². The highest BCUT2D eigenvalue weighted by Crippen LogP contribution is 2.27. The quantitative estimate of drug-likeness (QED) is 0.693. The Kier molecular flexibility index (Phi) is 7.47. The van der Waals surface area contributed by atoms with Crippen LogP contribution in [0.2, 0.25) is 0 Å². The predicted molar refractivity (Wildman–Crippen MR) is 83.1 cm³/mol. The zero-order chi connectivity index (χ0) is 14.3. The third-order valence-electron chi connectivity index (χ3n) is 3.15. The van der Waals surface area contributed by atoms with Crippen molar-refractivity contribution in [2.45, 2.75) is 45.6 Å². The molecule has 0 fully saturated rings. The van der Waals surface area contributed by atoms with Crippen LogP contribution in [0.3, 0.4) is 0 Å². The van der Waals surface area contributed by atoms with Gasteiger partial charge in [-0.1, -0.05) is 40.2 Å². The van der Waals surface area contributed by atoms with Gasteiger partial charge in [0.25, 0.3) is 0 Å². The molecule has 0 spiro atoms. The summed E-state index contributed by atoms with van der Waals surface area (Å²) in [5.74, 6) is 2.22. The van der Waals surface area contributed by atoms with Crippen LogP contribution in [-0.4, -0.2) is 12.3 Å². The van der Waals surface area contributed by atoms with Crippen LogP contribution < -0.4 is 5.32 Å². The van der Waals surface area contributed by atoms with Crippen LogP contribution in [0.15, 0.2) is 23.1 Å². The first-order chi connectivity index (χ1) is 9.04. The topological polar surface area (TPSA) is 12.0 Å². The van der Waals surface area contributed by atoms with Crippen LogP contribution in [0.5, 0.6) is 0 Å². The van der Waals surface area contributed by atoms with E-state index in [0.29, 0.717) is 18.4 Å². The molecule has 1 aromatic rings. The van der Waals surface area contributed by atoms with Crippen molar-refractivity contribution in [1.82, 2.24) is 5.32 Å². The Bertz CT molecular complexity index is 379. The second-order valence-corrected chi connectivity index (χ2v) is 6.63. The zero-order valence-electron chi connectivity index (χ0n) is 12.5. The summed E-state index contributed by atoms with van der Waals surface area (Å²) in [4.78, 5) is 1.08. The molecule has 0 aromatic heterocycles. The van der Waals surface area contributed by atoms with E-state index in [0.717, 1.165) is 22.8 Å². The molecule has 0 radical (unpaired) electrons. The first-order valence-corrected chi connectivity index (χ1v) is 8.14. The number of benzene rings is 1. The van der Waals surface area contributed by atoms with Crippen molar-refractivity contribution in [3.63, 3.8) is 0 Å². The normalized spacial score (nSPS) is 12.9. The molecular formula is C16H26FNS. The summed E-state index contributed by atoms with van der Waals surface area (Å²) in [7, 11) is 0. The van der Waals surface area contributed by atoms with Crippen molar-refractivity contribution in [2.24, 2.45) is 11.8 Å². The first-order valence-electron chi connectivity index (χ1n) is 7.15. The highest BCUT2D eigenvalue weighted by atomic mass is 32.2. The van der Waals surface area contributed by atoms with E-state index < -0.39 is 0 Å². The summed E-state index contributed by atoms with van der Waals surface area (Å²) in [6.45, 7) is 10.3. The number of halogens is 1. The zero-order valence-corrected chi connectivity index (χ0v) is 13.3. The number of thioether (sulfide) groups is 1. The molecule has 1 atom stereocenters. The Morgan fingerprint density at radius 1 is 1.26 bits per heavy atom. The molecule has 0 aliphatic rings. The second-order valence-electron chi connectivity index (χ2n) is 5.57. The van der Waals surface area contributed by atoms with E-state index >= 15 is 0 Å². The molecule has 3 heteroatoms. The first kappa shape index (κ1) is 16.5. The molecule has 19 heavy (non-hydrogen) atoms. The Morgan fingerprint density at radius 3 is 2.63 bits per heavy atom. The van der Waals surface area contributed by atoms with E-state index in [2.05, 4.69) is 33.0 Å². The van der Waals surface area contributed by atoms with Gasteiger partial charge in [-0.05, 0) is 30.5 Å². The Hall–Kier alpha value is -0.540. The van der Waals surface area contributed by atoms with Crippen LogP contribution in [0.1, 0.15) is 39.7 Å². The molecule has 0 amide bonds. The van der Waals surface area contributed by atoms with E-state index in [9.17, 15) is 4.39 Å². The minimum atomic E-state index is -0.0922. The van der Waals surface area contributed by atoms with E-state index in [1.165, 1.54) is 6.42 Å². The summed E-state index contributed by atoms with van der Waals surface area (Å²) in [5.41, 5.74) is 0.816. The van der Waals surface area contributed by atoms with E-state index in [1.54, 1.807) is 23.9 Å². The van der Waals surface area contributed by atoms with Crippen molar-refractivity contribution in [3.8, 4) is 0 Å². The lowest BCUT2D eigenvalue weighted by Crippen LogP contribution is -2.20. The average Bonchev–Trinajstić information content (AvgIpc) is 2.38. The van der Waals surface area contributed by atoms with Gasteiger partial charge in [0, 0.05) is 22.8 Å². The van der Waals surface area contributed by atoms with Gasteiger partial charge in [0.05, 0.1) is 0 Å². The Balaban J connectivity index is 2.66. The highest BCUT2D eigenvalue weighted by Gasteiger charge is 2.10. The number of hydrogen-bond acceptors (Lipinski definition) is 2. The molecule has 0 aliphatic carbocycles. The largest absolute Gasteiger partial charge is 0.312 e. The number of rotatable bonds is 8. The number of hydrogen-bond donors (Lipinski definition) is 1. The molecule has 1 unspecified atom stereocenters. The van der Waals surface area contributed by atoms with Gasteiger partial charge < -0.3 is 5.32 Å². The molecule has 0 heterocycles. The summed E-state index contributed by atoms with van der Waals surface area (Å²) < 4.78 is 13.9. The van der Waals surface area contributed by atoms with Gasteiger partial charge in [0.2, 0.25) is 0 Å². The van der Waals surface area contributed by atoms with Gasteiger partial charge >= 0.3 is 0 Å². The molecule has 0 saturated heterocycles. The van der Waals surface area contributed by atoms with Gasteiger partial charge in [0.1, 0.15) is 5.82 Å².